The first-order valence-corrected chi connectivity index (χ1v) is 6.75. The average Bonchev–Trinajstić information content (AvgIpc) is 2.76. The molecule has 1 fully saturated rings. The van der Waals surface area contributed by atoms with E-state index in [-0.39, 0.29) is 11.6 Å². The van der Waals surface area contributed by atoms with Crippen molar-refractivity contribution in [2.45, 2.75) is 50.6 Å². The van der Waals surface area contributed by atoms with Crippen LogP contribution in [0.5, 0.6) is 0 Å². The first-order chi connectivity index (χ1) is 8.21. The standard InChI is InChI=1S/C14H22N2O/c1-14(7-3-9-17-10-14)16-8-6-11-12(15)4-2-5-13(11)16/h6,8,12H,2-5,7,9-10,15H2,1H3. The molecule has 3 heteroatoms. The van der Waals surface area contributed by atoms with Crippen LogP contribution < -0.4 is 5.73 Å². The number of nitrogens with two attached hydrogens (primary N) is 1. The number of hydrogen-bond acceptors (Lipinski definition) is 2. The van der Waals surface area contributed by atoms with Crippen LogP contribution in [0.15, 0.2) is 12.3 Å². The third-order valence-corrected chi connectivity index (χ3v) is 4.35. The SMILES string of the molecule is CC1(n2ccc3c2CCCC3N)CCCOC1. The summed E-state index contributed by atoms with van der Waals surface area (Å²) < 4.78 is 8.12. The number of rotatable bonds is 1. The molecule has 1 aliphatic heterocycles. The van der Waals surface area contributed by atoms with Crippen molar-refractivity contribution in [3.8, 4) is 0 Å². The number of aromatic nitrogens is 1. The number of ether oxygens (including phenoxy) is 1. The summed E-state index contributed by atoms with van der Waals surface area (Å²) in [5.74, 6) is 0. The lowest BCUT2D eigenvalue weighted by molar-refractivity contribution is 0.00824. The van der Waals surface area contributed by atoms with Crippen molar-refractivity contribution in [2.24, 2.45) is 5.73 Å². The Morgan fingerprint density at radius 2 is 2.35 bits per heavy atom. The third kappa shape index (κ3) is 1.81. The molecular formula is C14H22N2O. The highest BCUT2D eigenvalue weighted by Crippen LogP contribution is 2.35. The van der Waals surface area contributed by atoms with E-state index in [0.29, 0.717) is 0 Å². The maximum Gasteiger partial charge on any atom is 0.0699 e. The Morgan fingerprint density at radius 1 is 1.47 bits per heavy atom. The van der Waals surface area contributed by atoms with Crippen LogP contribution in [-0.2, 0) is 16.7 Å². The van der Waals surface area contributed by atoms with Gasteiger partial charge in [-0.15, -0.1) is 0 Å². The molecule has 1 aromatic rings. The first kappa shape index (κ1) is 11.3. The van der Waals surface area contributed by atoms with Crippen LogP contribution in [0.25, 0.3) is 0 Å². The fourth-order valence-electron chi connectivity index (χ4n) is 3.34. The van der Waals surface area contributed by atoms with E-state index in [1.54, 1.807) is 0 Å². The van der Waals surface area contributed by atoms with Crippen LogP contribution in [0.1, 0.15) is 49.9 Å². The van der Waals surface area contributed by atoms with Gasteiger partial charge in [0, 0.05) is 24.5 Å². The van der Waals surface area contributed by atoms with Crippen LogP contribution in [0, 0.1) is 0 Å². The van der Waals surface area contributed by atoms with Crippen molar-refractivity contribution in [1.82, 2.24) is 4.57 Å². The minimum atomic E-state index is 0.142. The molecule has 0 radical (unpaired) electrons. The second kappa shape index (κ2) is 4.14. The Hall–Kier alpha value is -0.800. The molecule has 0 amide bonds. The zero-order valence-corrected chi connectivity index (χ0v) is 10.6. The Labute approximate surface area is 103 Å². The van der Waals surface area contributed by atoms with Crippen LogP contribution >= 0.6 is 0 Å². The molecule has 3 nitrogen and oxygen atoms in total. The molecule has 1 aliphatic carbocycles. The average molecular weight is 234 g/mol. The first-order valence-electron chi connectivity index (χ1n) is 6.75. The van der Waals surface area contributed by atoms with Gasteiger partial charge in [-0.1, -0.05) is 0 Å². The van der Waals surface area contributed by atoms with Gasteiger partial charge in [-0.2, -0.15) is 0 Å². The van der Waals surface area contributed by atoms with Gasteiger partial charge in [0.15, 0.2) is 0 Å². The molecule has 3 rings (SSSR count). The molecule has 94 valence electrons. The van der Waals surface area contributed by atoms with Crippen molar-refractivity contribution in [2.75, 3.05) is 13.2 Å². The van der Waals surface area contributed by atoms with E-state index in [4.69, 9.17) is 10.5 Å². The summed E-state index contributed by atoms with van der Waals surface area (Å²) in [5, 5.41) is 0. The Bertz CT molecular complexity index is 404. The van der Waals surface area contributed by atoms with Gasteiger partial charge in [0.2, 0.25) is 0 Å². The molecule has 2 heterocycles. The van der Waals surface area contributed by atoms with Crippen molar-refractivity contribution >= 4 is 0 Å². The van der Waals surface area contributed by atoms with Crippen molar-refractivity contribution < 1.29 is 4.74 Å². The molecule has 0 spiro atoms. The monoisotopic (exact) mass is 234 g/mol. The summed E-state index contributed by atoms with van der Waals surface area (Å²) >= 11 is 0. The second-order valence-corrected chi connectivity index (χ2v) is 5.74. The summed E-state index contributed by atoms with van der Waals surface area (Å²) in [4.78, 5) is 0. The molecule has 0 aromatic carbocycles. The summed E-state index contributed by atoms with van der Waals surface area (Å²) in [6, 6.07) is 2.46. The molecular weight excluding hydrogens is 212 g/mol. The highest BCUT2D eigenvalue weighted by molar-refractivity contribution is 5.29. The van der Waals surface area contributed by atoms with E-state index in [0.717, 1.165) is 26.1 Å². The molecule has 17 heavy (non-hydrogen) atoms. The minimum Gasteiger partial charge on any atom is -0.379 e. The molecule has 1 aromatic heterocycles. The van der Waals surface area contributed by atoms with Crippen LogP contribution in [0.4, 0.5) is 0 Å². The van der Waals surface area contributed by atoms with E-state index in [9.17, 15) is 0 Å². The van der Waals surface area contributed by atoms with Gasteiger partial charge in [-0.05, 0) is 50.7 Å². The van der Waals surface area contributed by atoms with Gasteiger partial charge in [0.1, 0.15) is 0 Å². The normalized spacial score (nSPS) is 33.4. The fraction of sp³-hybridized carbons (Fsp3) is 0.714. The quantitative estimate of drug-likeness (QED) is 0.810. The number of nitrogens with zero attached hydrogens (tertiary/aromatic N) is 1. The number of hydrogen-bond donors (Lipinski definition) is 1. The van der Waals surface area contributed by atoms with Gasteiger partial charge in [-0.3, -0.25) is 0 Å². The van der Waals surface area contributed by atoms with Crippen molar-refractivity contribution in [1.29, 1.82) is 0 Å². The molecule has 2 atom stereocenters. The Morgan fingerprint density at radius 3 is 3.12 bits per heavy atom. The van der Waals surface area contributed by atoms with Crippen LogP contribution in [0.3, 0.4) is 0 Å². The maximum atomic E-state index is 6.19. The topological polar surface area (TPSA) is 40.2 Å². The van der Waals surface area contributed by atoms with Crippen LogP contribution in [0.2, 0.25) is 0 Å². The van der Waals surface area contributed by atoms with E-state index in [1.807, 2.05) is 0 Å². The van der Waals surface area contributed by atoms with Gasteiger partial charge >= 0.3 is 0 Å². The summed E-state index contributed by atoms with van der Waals surface area (Å²) in [5.41, 5.74) is 9.15. The van der Waals surface area contributed by atoms with Crippen LogP contribution in [-0.4, -0.2) is 17.8 Å². The van der Waals surface area contributed by atoms with Crippen molar-refractivity contribution in [3.63, 3.8) is 0 Å². The lowest BCUT2D eigenvalue weighted by atomic mass is 9.90. The molecule has 2 unspecified atom stereocenters. The predicted octanol–water partition coefficient (Wildman–Crippen LogP) is 2.35. The second-order valence-electron chi connectivity index (χ2n) is 5.74. The highest BCUT2D eigenvalue weighted by Gasteiger charge is 2.33. The zero-order chi connectivity index (χ0) is 11.9. The predicted molar refractivity (Wildman–Crippen MR) is 68.0 cm³/mol. The zero-order valence-electron chi connectivity index (χ0n) is 10.6. The van der Waals surface area contributed by atoms with E-state index in [2.05, 4.69) is 23.8 Å². The molecule has 0 saturated carbocycles. The Kier molecular flexibility index (Phi) is 2.75. The van der Waals surface area contributed by atoms with Gasteiger partial charge in [0.25, 0.3) is 0 Å². The molecule has 2 N–H and O–H groups in total. The lowest BCUT2D eigenvalue weighted by Gasteiger charge is -2.37. The largest absolute Gasteiger partial charge is 0.379 e. The maximum absolute atomic E-state index is 6.19. The Balaban J connectivity index is 1.98. The van der Waals surface area contributed by atoms with Crippen molar-refractivity contribution in [3.05, 3.63) is 23.5 Å². The summed E-state index contributed by atoms with van der Waals surface area (Å²) in [7, 11) is 0. The highest BCUT2D eigenvalue weighted by atomic mass is 16.5. The van der Waals surface area contributed by atoms with Gasteiger partial charge in [0.05, 0.1) is 12.1 Å². The minimum absolute atomic E-state index is 0.142. The smallest absolute Gasteiger partial charge is 0.0699 e. The van der Waals surface area contributed by atoms with E-state index >= 15 is 0 Å². The van der Waals surface area contributed by atoms with Gasteiger partial charge in [-0.25, -0.2) is 0 Å². The molecule has 2 aliphatic rings. The van der Waals surface area contributed by atoms with Gasteiger partial charge < -0.3 is 15.0 Å². The third-order valence-electron chi connectivity index (χ3n) is 4.35. The lowest BCUT2D eigenvalue weighted by Crippen LogP contribution is -2.40. The summed E-state index contributed by atoms with van der Waals surface area (Å²) in [6.07, 6.45) is 8.12. The fourth-order valence-corrected chi connectivity index (χ4v) is 3.34. The molecule has 0 bridgehead atoms. The van der Waals surface area contributed by atoms with E-state index < -0.39 is 0 Å². The number of fused-ring (bicyclic) bond motifs is 1. The molecule has 1 saturated heterocycles. The van der Waals surface area contributed by atoms with E-state index in [1.165, 1.54) is 30.5 Å². The summed E-state index contributed by atoms with van der Waals surface area (Å²) in [6.45, 7) is 4.06.